The Morgan fingerprint density at radius 3 is 2.29 bits per heavy atom. The van der Waals surface area contributed by atoms with E-state index in [-0.39, 0.29) is 41.5 Å². The van der Waals surface area contributed by atoms with Crippen molar-refractivity contribution in [2.75, 3.05) is 20.1 Å². The number of sulfonamides is 1. The lowest BCUT2D eigenvalue weighted by Gasteiger charge is -2.22. The molecule has 0 aromatic heterocycles. The Morgan fingerprint density at radius 2 is 1.64 bits per heavy atom. The molecule has 7 nitrogen and oxygen atoms in total. The quantitative estimate of drug-likeness (QED) is 0.685. The highest BCUT2D eigenvalue weighted by Gasteiger charge is 2.35. The molecule has 2 N–H and O–H groups in total. The summed E-state index contributed by atoms with van der Waals surface area (Å²) in [6.07, 6.45) is 0.511. The number of amides is 2. The van der Waals surface area contributed by atoms with Crippen molar-refractivity contribution in [1.82, 2.24) is 9.21 Å². The first-order chi connectivity index (χ1) is 12.9. The van der Waals surface area contributed by atoms with Gasteiger partial charge in [0.1, 0.15) is 0 Å². The highest BCUT2D eigenvalue weighted by atomic mass is 35.5. The molecule has 1 heterocycles. The summed E-state index contributed by atoms with van der Waals surface area (Å²) in [6, 6.07) is 13.3. The van der Waals surface area contributed by atoms with Crippen molar-refractivity contribution in [2.24, 2.45) is 5.73 Å². The first-order valence-electron chi connectivity index (χ1n) is 8.57. The van der Waals surface area contributed by atoms with Crippen LogP contribution in [-0.2, 0) is 16.6 Å². The van der Waals surface area contributed by atoms with Gasteiger partial charge < -0.3 is 5.73 Å². The SMILES string of the molecule is CN1C(=O)c2ccc(S(=O)(=O)N(CCCN)Cc3ccccc3)cc2C1=O.Cl. The molecular formula is C19H22ClN3O4S. The van der Waals surface area contributed by atoms with E-state index in [4.69, 9.17) is 5.73 Å². The number of nitrogens with two attached hydrogens (primary N) is 1. The fourth-order valence-electron chi connectivity index (χ4n) is 2.99. The van der Waals surface area contributed by atoms with Crippen molar-refractivity contribution in [3.05, 3.63) is 65.2 Å². The highest BCUT2D eigenvalue weighted by molar-refractivity contribution is 7.89. The van der Waals surface area contributed by atoms with E-state index >= 15 is 0 Å². The summed E-state index contributed by atoms with van der Waals surface area (Å²) < 4.78 is 27.7. The fourth-order valence-corrected chi connectivity index (χ4v) is 4.48. The van der Waals surface area contributed by atoms with Gasteiger partial charge in [0.15, 0.2) is 0 Å². The molecule has 0 unspecified atom stereocenters. The Balaban J connectivity index is 0.00000280. The molecule has 1 aliphatic rings. The number of carbonyl (C=O) groups excluding carboxylic acids is 2. The van der Waals surface area contributed by atoms with E-state index in [1.807, 2.05) is 30.3 Å². The van der Waals surface area contributed by atoms with Gasteiger partial charge in [-0.05, 0) is 36.7 Å². The van der Waals surface area contributed by atoms with Crippen molar-refractivity contribution in [2.45, 2.75) is 17.9 Å². The topological polar surface area (TPSA) is 101 Å². The van der Waals surface area contributed by atoms with Crippen LogP contribution in [0.2, 0.25) is 0 Å². The lowest BCUT2D eigenvalue weighted by atomic mass is 10.1. The summed E-state index contributed by atoms with van der Waals surface area (Å²) in [5.41, 5.74) is 6.75. The first-order valence-corrected chi connectivity index (χ1v) is 10.0. The summed E-state index contributed by atoms with van der Waals surface area (Å²) in [5, 5.41) is 0. The third kappa shape index (κ3) is 4.10. The zero-order chi connectivity index (χ0) is 19.6. The normalized spacial score (nSPS) is 13.6. The molecule has 0 spiro atoms. The van der Waals surface area contributed by atoms with Gasteiger partial charge in [-0.2, -0.15) is 4.31 Å². The predicted molar refractivity (Wildman–Crippen MR) is 108 cm³/mol. The molecule has 9 heteroatoms. The summed E-state index contributed by atoms with van der Waals surface area (Å²) >= 11 is 0. The lowest BCUT2D eigenvalue weighted by molar-refractivity contribution is 0.0693. The number of fused-ring (bicyclic) bond motifs is 1. The number of halogens is 1. The number of hydrogen-bond donors (Lipinski definition) is 1. The molecule has 1 aliphatic heterocycles. The Bertz CT molecular complexity index is 980. The fraction of sp³-hybridized carbons (Fsp3) is 0.263. The van der Waals surface area contributed by atoms with Crippen LogP contribution < -0.4 is 5.73 Å². The van der Waals surface area contributed by atoms with E-state index in [1.54, 1.807) is 0 Å². The second-order valence-electron chi connectivity index (χ2n) is 6.34. The molecule has 0 atom stereocenters. The number of benzene rings is 2. The Hall–Kier alpha value is -2.26. The molecule has 0 radical (unpaired) electrons. The largest absolute Gasteiger partial charge is 0.330 e. The molecule has 2 aromatic carbocycles. The minimum Gasteiger partial charge on any atom is -0.330 e. The van der Waals surface area contributed by atoms with Crippen LogP contribution in [0.25, 0.3) is 0 Å². The highest BCUT2D eigenvalue weighted by Crippen LogP contribution is 2.27. The second kappa shape index (κ2) is 8.83. The van der Waals surface area contributed by atoms with Crippen LogP contribution in [0.5, 0.6) is 0 Å². The van der Waals surface area contributed by atoms with E-state index in [0.29, 0.717) is 13.0 Å². The Labute approximate surface area is 170 Å². The monoisotopic (exact) mass is 423 g/mol. The predicted octanol–water partition coefficient (Wildman–Crippen LogP) is 1.87. The van der Waals surface area contributed by atoms with Crippen LogP contribution in [0.3, 0.4) is 0 Å². The Morgan fingerprint density at radius 1 is 1.00 bits per heavy atom. The van der Waals surface area contributed by atoms with Crippen molar-refractivity contribution in [1.29, 1.82) is 0 Å². The van der Waals surface area contributed by atoms with Crippen LogP contribution in [0.15, 0.2) is 53.4 Å². The van der Waals surface area contributed by atoms with Gasteiger partial charge in [-0.3, -0.25) is 14.5 Å². The molecule has 150 valence electrons. The van der Waals surface area contributed by atoms with Gasteiger partial charge in [-0.25, -0.2) is 8.42 Å². The minimum atomic E-state index is -3.86. The van der Waals surface area contributed by atoms with Gasteiger partial charge in [0.2, 0.25) is 10.0 Å². The molecule has 0 saturated heterocycles. The third-order valence-corrected chi connectivity index (χ3v) is 6.35. The standard InChI is InChI=1S/C19H21N3O4S.ClH/c1-21-18(23)16-9-8-15(12-17(16)19(21)24)27(25,26)22(11-5-10-20)13-14-6-3-2-4-7-14;/h2-4,6-9,12H,5,10-11,13,20H2,1H3;1H. The average molecular weight is 424 g/mol. The minimum absolute atomic E-state index is 0. The van der Waals surface area contributed by atoms with Gasteiger partial charge in [0, 0.05) is 20.1 Å². The summed E-state index contributed by atoms with van der Waals surface area (Å²) in [6.45, 7) is 0.827. The van der Waals surface area contributed by atoms with E-state index in [9.17, 15) is 18.0 Å². The van der Waals surface area contributed by atoms with Crippen LogP contribution in [-0.4, -0.2) is 49.6 Å². The molecule has 2 aromatic rings. The van der Waals surface area contributed by atoms with Crippen LogP contribution in [0.1, 0.15) is 32.7 Å². The number of imide groups is 1. The van der Waals surface area contributed by atoms with Crippen LogP contribution in [0, 0.1) is 0 Å². The smallest absolute Gasteiger partial charge is 0.261 e. The zero-order valence-electron chi connectivity index (χ0n) is 15.4. The maximum Gasteiger partial charge on any atom is 0.261 e. The van der Waals surface area contributed by atoms with Crippen LogP contribution >= 0.6 is 12.4 Å². The van der Waals surface area contributed by atoms with Gasteiger partial charge >= 0.3 is 0 Å². The average Bonchev–Trinajstić information content (AvgIpc) is 2.89. The van der Waals surface area contributed by atoms with Gasteiger partial charge in [0.25, 0.3) is 11.8 Å². The molecule has 28 heavy (non-hydrogen) atoms. The molecule has 0 bridgehead atoms. The second-order valence-corrected chi connectivity index (χ2v) is 8.28. The Kier molecular flexibility index (Phi) is 6.95. The van der Waals surface area contributed by atoms with Gasteiger partial charge in [0.05, 0.1) is 16.0 Å². The summed E-state index contributed by atoms with van der Waals surface area (Å²) in [5.74, 6) is -0.924. The van der Waals surface area contributed by atoms with Crippen molar-refractivity contribution >= 4 is 34.2 Å². The van der Waals surface area contributed by atoms with Gasteiger partial charge in [-0.1, -0.05) is 30.3 Å². The molecule has 0 saturated carbocycles. The number of carbonyl (C=O) groups is 2. The molecular weight excluding hydrogens is 402 g/mol. The molecule has 0 fully saturated rings. The first kappa shape index (κ1) is 22.0. The van der Waals surface area contributed by atoms with E-state index < -0.39 is 21.8 Å². The maximum atomic E-state index is 13.2. The third-order valence-electron chi connectivity index (χ3n) is 4.51. The van der Waals surface area contributed by atoms with Crippen molar-refractivity contribution in [3.8, 4) is 0 Å². The number of hydrogen-bond acceptors (Lipinski definition) is 5. The van der Waals surface area contributed by atoms with Crippen molar-refractivity contribution < 1.29 is 18.0 Å². The molecule has 0 aliphatic carbocycles. The lowest BCUT2D eigenvalue weighted by Crippen LogP contribution is -2.32. The van der Waals surface area contributed by atoms with E-state index in [2.05, 4.69) is 0 Å². The van der Waals surface area contributed by atoms with E-state index in [0.717, 1.165) is 10.5 Å². The summed E-state index contributed by atoms with van der Waals surface area (Å²) in [4.78, 5) is 25.2. The van der Waals surface area contributed by atoms with Gasteiger partial charge in [-0.15, -0.1) is 12.4 Å². The number of nitrogens with zero attached hydrogens (tertiary/aromatic N) is 2. The molecule has 2 amide bonds. The number of rotatable bonds is 7. The summed E-state index contributed by atoms with van der Waals surface area (Å²) in [7, 11) is -2.48. The molecule has 3 rings (SSSR count). The van der Waals surface area contributed by atoms with E-state index in [1.165, 1.54) is 29.6 Å². The van der Waals surface area contributed by atoms with Crippen LogP contribution in [0.4, 0.5) is 0 Å². The maximum absolute atomic E-state index is 13.2. The van der Waals surface area contributed by atoms with Crippen molar-refractivity contribution in [3.63, 3.8) is 0 Å². The zero-order valence-corrected chi connectivity index (χ0v) is 17.0.